The van der Waals surface area contributed by atoms with Gasteiger partial charge in [0, 0.05) is 12.1 Å². The van der Waals surface area contributed by atoms with Crippen LogP contribution in [-0.4, -0.2) is 48.1 Å². The second-order valence-electron chi connectivity index (χ2n) is 7.37. The fourth-order valence-electron chi connectivity index (χ4n) is 2.73. The second kappa shape index (κ2) is 8.39. The SMILES string of the molecule is COC(=O)C(C)(C)COc1ccc(-c2cnc(C3N=C(C(F)(F)F)CN3)cn2)cc1. The molecule has 2 heterocycles. The zero-order valence-electron chi connectivity index (χ0n) is 16.7. The first kappa shape index (κ1) is 21.7. The molecule has 1 aliphatic rings. The van der Waals surface area contributed by atoms with Crippen LogP contribution in [0.5, 0.6) is 5.75 Å². The Balaban J connectivity index is 1.65. The molecule has 0 saturated heterocycles. The maximum Gasteiger partial charge on any atom is 0.430 e. The van der Waals surface area contributed by atoms with E-state index in [0.29, 0.717) is 17.1 Å². The van der Waals surface area contributed by atoms with Crippen molar-refractivity contribution in [1.82, 2.24) is 15.3 Å². The number of ether oxygens (including phenoxy) is 2. The van der Waals surface area contributed by atoms with Gasteiger partial charge < -0.3 is 9.47 Å². The molecule has 0 saturated carbocycles. The van der Waals surface area contributed by atoms with Crippen LogP contribution in [0.2, 0.25) is 0 Å². The molecule has 0 amide bonds. The molecule has 0 aliphatic carbocycles. The third-order valence-corrected chi connectivity index (χ3v) is 4.51. The Bertz CT molecular complexity index is 926. The lowest BCUT2D eigenvalue weighted by Gasteiger charge is -2.21. The highest BCUT2D eigenvalue weighted by Gasteiger charge is 2.39. The van der Waals surface area contributed by atoms with Crippen molar-refractivity contribution in [2.45, 2.75) is 26.2 Å². The molecule has 1 unspecified atom stereocenters. The van der Waals surface area contributed by atoms with Gasteiger partial charge in [0.15, 0.2) is 0 Å². The number of carbonyl (C=O) groups is 1. The summed E-state index contributed by atoms with van der Waals surface area (Å²) in [4.78, 5) is 23.8. The minimum atomic E-state index is -4.45. The van der Waals surface area contributed by atoms with Crippen LogP contribution < -0.4 is 10.1 Å². The monoisotopic (exact) mass is 422 g/mol. The molecule has 0 spiro atoms. The number of aliphatic imine (C=N–C) groups is 1. The number of esters is 1. The Kier molecular flexibility index (Phi) is 6.06. The van der Waals surface area contributed by atoms with Gasteiger partial charge in [0.25, 0.3) is 0 Å². The van der Waals surface area contributed by atoms with Crippen LogP contribution in [0, 0.1) is 5.41 Å². The van der Waals surface area contributed by atoms with Gasteiger partial charge in [-0.05, 0) is 38.1 Å². The van der Waals surface area contributed by atoms with E-state index in [2.05, 4.69) is 20.3 Å². The lowest BCUT2D eigenvalue weighted by Crippen LogP contribution is -2.32. The fourth-order valence-corrected chi connectivity index (χ4v) is 2.73. The first-order valence-electron chi connectivity index (χ1n) is 9.11. The van der Waals surface area contributed by atoms with Crippen molar-refractivity contribution in [2.75, 3.05) is 20.3 Å². The smallest absolute Gasteiger partial charge is 0.430 e. The lowest BCUT2D eigenvalue weighted by molar-refractivity contribution is -0.152. The molecule has 1 atom stereocenters. The summed E-state index contributed by atoms with van der Waals surface area (Å²) in [6.07, 6.45) is -2.43. The Morgan fingerprint density at radius 2 is 1.87 bits per heavy atom. The molecule has 3 rings (SSSR count). The average Bonchev–Trinajstić information content (AvgIpc) is 3.23. The first-order chi connectivity index (χ1) is 14.1. The van der Waals surface area contributed by atoms with Gasteiger partial charge in [-0.3, -0.25) is 25.1 Å². The molecule has 30 heavy (non-hydrogen) atoms. The molecule has 0 bridgehead atoms. The molecule has 1 aromatic carbocycles. The van der Waals surface area contributed by atoms with Crippen molar-refractivity contribution in [2.24, 2.45) is 10.4 Å². The van der Waals surface area contributed by atoms with Crippen molar-refractivity contribution < 1.29 is 27.4 Å². The van der Waals surface area contributed by atoms with Crippen LogP contribution >= 0.6 is 0 Å². The van der Waals surface area contributed by atoms with Gasteiger partial charge in [-0.25, -0.2) is 0 Å². The van der Waals surface area contributed by atoms with Crippen LogP contribution in [0.25, 0.3) is 11.3 Å². The number of aromatic nitrogens is 2. The van der Waals surface area contributed by atoms with Crippen LogP contribution in [0.4, 0.5) is 13.2 Å². The number of rotatable bonds is 6. The molecule has 7 nitrogen and oxygen atoms in total. The molecule has 2 aromatic rings. The molecule has 0 radical (unpaired) electrons. The number of alkyl halides is 3. The van der Waals surface area contributed by atoms with Crippen molar-refractivity contribution >= 4 is 11.7 Å². The number of nitrogens with one attached hydrogen (secondary N) is 1. The molecule has 1 N–H and O–H groups in total. The Morgan fingerprint density at radius 3 is 2.40 bits per heavy atom. The highest BCUT2D eigenvalue weighted by Crippen LogP contribution is 2.26. The van der Waals surface area contributed by atoms with Crippen LogP contribution in [0.1, 0.15) is 25.7 Å². The van der Waals surface area contributed by atoms with E-state index in [1.807, 2.05) is 0 Å². The van der Waals surface area contributed by atoms with Crippen molar-refractivity contribution in [3.05, 3.63) is 42.4 Å². The van der Waals surface area contributed by atoms with E-state index >= 15 is 0 Å². The Labute approximate surface area is 171 Å². The maximum absolute atomic E-state index is 12.7. The molecular formula is C20H21F3N4O3. The molecule has 0 fully saturated rings. The van der Waals surface area contributed by atoms with Gasteiger partial charge in [0.1, 0.15) is 24.2 Å². The fraction of sp³-hybridized carbons (Fsp3) is 0.400. The highest BCUT2D eigenvalue weighted by atomic mass is 19.4. The predicted octanol–water partition coefficient (Wildman–Crippen LogP) is 3.33. The van der Waals surface area contributed by atoms with E-state index < -0.39 is 23.5 Å². The summed E-state index contributed by atoms with van der Waals surface area (Å²) in [5.41, 5.74) is -0.0182. The zero-order chi connectivity index (χ0) is 21.9. The number of carbonyl (C=O) groups excluding carboxylic acids is 1. The van der Waals surface area contributed by atoms with Crippen LogP contribution in [0.3, 0.4) is 0 Å². The van der Waals surface area contributed by atoms with Crippen LogP contribution in [0.15, 0.2) is 41.7 Å². The zero-order valence-corrected chi connectivity index (χ0v) is 16.7. The predicted molar refractivity (Wildman–Crippen MR) is 103 cm³/mol. The van der Waals surface area contributed by atoms with Crippen molar-refractivity contribution in [3.8, 4) is 17.0 Å². The Hall–Kier alpha value is -3.01. The standard InChI is InChI=1S/C20H21F3N4O3/c1-19(2,18(28)29-3)11-30-13-6-4-12(5-7-13)14-8-25-15(9-24-14)17-26-10-16(27-17)20(21,22)23/h4-9,17,26H,10-11H2,1-3H3. The third kappa shape index (κ3) is 4.93. The lowest BCUT2D eigenvalue weighted by atomic mass is 9.95. The third-order valence-electron chi connectivity index (χ3n) is 4.51. The molecule has 10 heteroatoms. The summed E-state index contributed by atoms with van der Waals surface area (Å²) < 4.78 is 48.5. The number of halogens is 3. The van der Waals surface area contributed by atoms with Gasteiger partial charge in [0.05, 0.1) is 36.3 Å². The van der Waals surface area contributed by atoms with Gasteiger partial charge in [-0.2, -0.15) is 13.2 Å². The Morgan fingerprint density at radius 1 is 1.17 bits per heavy atom. The van der Waals surface area contributed by atoms with Crippen LogP contribution in [-0.2, 0) is 9.53 Å². The normalized spacial score (nSPS) is 16.9. The summed E-state index contributed by atoms with van der Waals surface area (Å²) >= 11 is 0. The summed E-state index contributed by atoms with van der Waals surface area (Å²) in [5, 5.41) is 2.66. The van der Waals surface area contributed by atoms with Gasteiger partial charge >= 0.3 is 12.1 Å². The topological polar surface area (TPSA) is 85.7 Å². The number of hydrogen-bond donors (Lipinski definition) is 1. The van der Waals surface area contributed by atoms with Crippen molar-refractivity contribution in [3.63, 3.8) is 0 Å². The first-order valence-corrected chi connectivity index (χ1v) is 9.11. The van der Waals surface area contributed by atoms with E-state index in [1.54, 1.807) is 38.1 Å². The van der Waals surface area contributed by atoms with Crippen molar-refractivity contribution in [1.29, 1.82) is 0 Å². The van der Waals surface area contributed by atoms with Gasteiger partial charge in [0.2, 0.25) is 0 Å². The number of methoxy groups -OCH3 is 1. The maximum atomic E-state index is 12.7. The highest BCUT2D eigenvalue weighted by molar-refractivity contribution is 5.93. The largest absolute Gasteiger partial charge is 0.492 e. The summed E-state index contributed by atoms with van der Waals surface area (Å²) in [6, 6.07) is 7.02. The average molecular weight is 422 g/mol. The molecule has 160 valence electrons. The summed E-state index contributed by atoms with van der Waals surface area (Å²) in [6.45, 7) is 3.25. The van der Waals surface area contributed by atoms with Gasteiger partial charge in [-0.15, -0.1) is 0 Å². The van der Waals surface area contributed by atoms with E-state index in [-0.39, 0.29) is 19.1 Å². The number of nitrogens with zero attached hydrogens (tertiary/aromatic N) is 3. The quantitative estimate of drug-likeness (QED) is 0.719. The van der Waals surface area contributed by atoms with E-state index in [1.165, 1.54) is 19.5 Å². The summed E-state index contributed by atoms with van der Waals surface area (Å²) in [7, 11) is 1.33. The molecular weight excluding hydrogens is 401 g/mol. The van der Waals surface area contributed by atoms with Gasteiger partial charge in [-0.1, -0.05) is 0 Å². The minimum Gasteiger partial charge on any atom is -0.492 e. The molecule has 1 aromatic heterocycles. The minimum absolute atomic E-state index is 0.155. The number of benzene rings is 1. The summed E-state index contributed by atoms with van der Waals surface area (Å²) in [5.74, 6) is 0.211. The molecule has 1 aliphatic heterocycles. The number of hydrogen-bond acceptors (Lipinski definition) is 7. The van der Waals surface area contributed by atoms with E-state index in [0.717, 1.165) is 5.56 Å². The van der Waals surface area contributed by atoms with E-state index in [4.69, 9.17) is 9.47 Å². The second-order valence-corrected chi connectivity index (χ2v) is 7.37. The van der Waals surface area contributed by atoms with E-state index in [9.17, 15) is 18.0 Å².